The molecule has 3 heterocycles. The van der Waals surface area contributed by atoms with Crippen molar-refractivity contribution in [1.82, 2.24) is 15.0 Å². The largest absolute Gasteiger partial charge is 0.496 e. The molecule has 0 saturated carbocycles. The molecule has 2 aliphatic rings. The Morgan fingerprint density at radius 3 is 2.58 bits per heavy atom. The molecule has 1 amide bonds. The molecule has 1 spiro atoms. The van der Waals surface area contributed by atoms with Crippen LogP contribution >= 0.6 is 0 Å². The molecule has 11 nitrogen and oxygen atoms in total. The van der Waals surface area contributed by atoms with E-state index in [1.807, 2.05) is 0 Å². The lowest BCUT2D eigenvalue weighted by Crippen LogP contribution is -2.64. The average Bonchev–Trinajstić information content (AvgIpc) is 3.65. The molecule has 2 aliphatic heterocycles. The zero-order chi connectivity index (χ0) is 30.6. The number of aromatic nitrogens is 3. The second kappa shape index (κ2) is 10.9. The summed E-state index contributed by atoms with van der Waals surface area (Å²) >= 11 is 0. The van der Waals surface area contributed by atoms with Gasteiger partial charge in [0.2, 0.25) is 5.79 Å². The lowest BCUT2D eigenvalue weighted by Gasteiger charge is -2.50. The van der Waals surface area contributed by atoms with Gasteiger partial charge in [-0.1, -0.05) is 29.5 Å². The molecule has 14 heteroatoms. The Morgan fingerprint density at radius 2 is 1.91 bits per heavy atom. The van der Waals surface area contributed by atoms with E-state index in [0.717, 1.165) is 16.8 Å². The zero-order valence-corrected chi connectivity index (χ0v) is 22.7. The van der Waals surface area contributed by atoms with Crippen molar-refractivity contribution in [3.05, 3.63) is 77.2 Å². The summed E-state index contributed by atoms with van der Waals surface area (Å²) in [5.74, 6) is -7.78. The van der Waals surface area contributed by atoms with E-state index >= 15 is 0 Å². The number of carbonyl (C=O) groups is 1. The third kappa shape index (κ3) is 4.53. The number of amides is 1. The molecule has 5 N–H and O–H groups in total. The quantitative estimate of drug-likeness (QED) is 0.243. The molecule has 0 unspecified atom stereocenters. The third-order valence-corrected chi connectivity index (χ3v) is 8.15. The summed E-state index contributed by atoms with van der Waals surface area (Å²) in [5.41, 5.74) is 6.12. The number of nitrogens with zero attached hydrogens (tertiary/aromatic N) is 3. The van der Waals surface area contributed by atoms with Crippen molar-refractivity contribution >= 4 is 16.7 Å². The first-order valence-electron chi connectivity index (χ1n) is 13.4. The Bertz CT molecular complexity index is 1700. The molecule has 6 atom stereocenters. The molecule has 6 rings (SSSR count). The standard InChI is InChI=1S/C29H27F3N4O7/c1-41-26-16(8-13-4-2-3-5-15(13)22(26)28(33)40)17-6-7-42-29(17)27(39)24(25(38)21(12-37)43-29)36-11-20(34-35-36)14-9-18(30)23(32)19(31)10-14/h2-5,8-11,17,21,24-25,27,37-39H,6-7,12H2,1H3,(H2,33,40)/t17-,21-,24+,25+,27-,29+/m1/s1. The Labute approximate surface area is 242 Å². The normalized spacial score (nSPS) is 27.2. The number of fused-ring (bicyclic) bond motifs is 1. The van der Waals surface area contributed by atoms with Gasteiger partial charge in [0.25, 0.3) is 5.91 Å². The van der Waals surface area contributed by atoms with Crippen LogP contribution in [0.15, 0.2) is 48.7 Å². The fourth-order valence-corrected chi connectivity index (χ4v) is 6.22. The van der Waals surface area contributed by atoms with Crippen LogP contribution in [0.3, 0.4) is 0 Å². The molecule has 0 bridgehead atoms. The van der Waals surface area contributed by atoms with Gasteiger partial charge in [0.05, 0.1) is 32.1 Å². The maximum absolute atomic E-state index is 13.9. The Balaban J connectivity index is 1.46. The summed E-state index contributed by atoms with van der Waals surface area (Å²) in [5, 5.41) is 42.3. The predicted molar refractivity (Wildman–Crippen MR) is 143 cm³/mol. The number of rotatable bonds is 6. The number of methoxy groups -OCH3 is 1. The van der Waals surface area contributed by atoms with E-state index in [1.54, 1.807) is 30.3 Å². The number of aliphatic hydroxyl groups is 3. The Morgan fingerprint density at radius 1 is 1.19 bits per heavy atom. The van der Waals surface area contributed by atoms with Crippen molar-refractivity contribution in [3.63, 3.8) is 0 Å². The maximum Gasteiger partial charge on any atom is 0.253 e. The highest BCUT2D eigenvalue weighted by Crippen LogP contribution is 2.53. The summed E-state index contributed by atoms with van der Waals surface area (Å²) < 4.78 is 60.3. The summed E-state index contributed by atoms with van der Waals surface area (Å²) in [6.07, 6.45) is -3.01. The van der Waals surface area contributed by atoms with Gasteiger partial charge < -0.3 is 35.3 Å². The molecule has 0 radical (unpaired) electrons. The van der Waals surface area contributed by atoms with E-state index in [4.69, 9.17) is 19.9 Å². The molecule has 1 aromatic heterocycles. The molecule has 2 fully saturated rings. The van der Waals surface area contributed by atoms with Gasteiger partial charge in [0.15, 0.2) is 17.5 Å². The first kappa shape index (κ1) is 29.0. The SMILES string of the molecule is COc1c([C@H]2CCO[C@]23O[C@H](CO)[C@H](O)[C@H](n2cc(-c4cc(F)c(F)c(F)c4)nn2)[C@H]3O)cc2ccccc2c1C(N)=O. The van der Waals surface area contributed by atoms with Crippen molar-refractivity contribution in [2.24, 2.45) is 5.73 Å². The van der Waals surface area contributed by atoms with E-state index in [0.29, 0.717) is 16.3 Å². The lowest BCUT2D eigenvalue weighted by atomic mass is 9.78. The van der Waals surface area contributed by atoms with Crippen molar-refractivity contribution in [3.8, 4) is 17.0 Å². The topological polar surface area (TPSA) is 162 Å². The highest BCUT2D eigenvalue weighted by Gasteiger charge is 2.62. The molecule has 2 saturated heterocycles. The summed E-state index contributed by atoms with van der Waals surface area (Å²) in [6.45, 7) is -0.596. The van der Waals surface area contributed by atoms with Crippen LogP contribution in [0.5, 0.6) is 5.75 Å². The Kier molecular flexibility index (Phi) is 7.34. The number of benzene rings is 3. The third-order valence-electron chi connectivity index (χ3n) is 8.15. The lowest BCUT2D eigenvalue weighted by molar-refractivity contribution is -0.344. The van der Waals surface area contributed by atoms with E-state index < -0.39 is 66.0 Å². The van der Waals surface area contributed by atoms with Gasteiger partial charge in [-0.05, 0) is 35.4 Å². The van der Waals surface area contributed by atoms with E-state index in [-0.39, 0.29) is 35.6 Å². The number of halogens is 3. The fourth-order valence-electron chi connectivity index (χ4n) is 6.22. The number of primary amides is 1. The average molecular weight is 601 g/mol. The van der Waals surface area contributed by atoms with Crippen LogP contribution in [-0.4, -0.2) is 80.6 Å². The van der Waals surface area contributed by atoms with Crippen LogP contribution < -0.4 is 10.5 Å². The van der Waals surface area contributed by atoms with Crippen molar-refractivity contribution in [1.29, 1.82) is 0 Å². The van der Waals surface area contributed by atoms with Gasteiger partial charge in [0.1, 0.15) is 35.8 Å². The maximum atomic E-state index is 13.9. The number of hydrogen-bond acceptors (Lipinski definition) is 9. The van der Waals surface area contributed by atoms with Crippen LogP contribution in [0, 0.1) is 17.5 Å². The van der Waals surface area contributed by atoms with Crippen LogP contribution in [0.4, 0.5) is 13.2 Å². The number of aliphatic hydroxyl groups excluding tert-OH is 3. The summed E-state index contributed by atoms with van der Waals surface area (Å²) in [4.78, 5) is 12.6. The van der Waals surface area contributed by atoms with E-state index in [2.05, 4.69) is 10.3 Å². The molecular weight excluding hydrogens is 573 g/mol. The van der Waals surface area contributed by atoms with Gasteiger partial charge in [-0.25, -0.2) is 17.9 Å². The highest BCUT2D eigenvalue weighted by atomic mass is 19.2. The predicted octanol–water partition coefficient (Wildman–Crippen LogP) is 2.18. The minimum absolute atomic E-state index is 0.0792. The smallest absolute Gasteiger partial charge is 0.253 e. The molecule has 226 valence electrons. The Hall–Kier alpha value is -4.08. The van der Waals surface area contributed by atoms with Gasteiger partial charge in [0, 0.05) is 17.0 Å². The van der Waals surface area contributed by atoms with Gasteiger partial charge >= 0.3 is 0 Å². The second-order valence-electron chi connectivity index (χ2n) is 10.5. The minimum Gasteiger partial charge on any atom is -0.496 e. The van der Waals surface area contributed by atoms with Gasteiger partial charge in [-0.3, -0.25) is 4.79 Å². The second-order valence-corrected chi connectivity index (χ2v) is 10.5. The van der Waals surface area contributed by atoms with E-state index in [9.17, 15) is 33.3 Å². The molecular formula is C29H27F3N4O7. The van der Waals surface area contributed by atoms with Crippen LogP contribution in [0.25, 0.3) is 22.0 Å². The highest BCUT2D eigenvalue weighted by molar-refractivity contribution is 6.09. The minimum atomic E-state index is -1.89. The monoisotopic (exact) mass is 600 g/mol. The van der Waals surface area contributed by atoms with E-state index in [1.165, 1.54) is 13.3 Å². The van der Waals surface area contributed by atoms with Crippen LogP contribution in [-0.2, 0) is 9.47 Å². The zero-order valence-electron chi connectivity index (χ0n) is 22.7. The first-order valence-corrected chi connectivity index (χ1v) is 13.4. The fraction of sp³-hybridized carbons (Fsp3) is 0.345. The van der Waals surface area contributed by atoms with Crippen LogP contribution in [0.2, 0.25) is 0 Å². The van der Waals surface area contributed by atoms with Crippen molar-refractivity contribution in [2.75, 3.05) is 20.3 Å². The van der Waals surface area contributed by atoms with Crippen molar-refractivity contribution < 1.29 is 47.5 Å². The van der Waals surface area contributed by atoms with Gasteiger partial charge in [-0.15, -0.1) is 5.10 Å². The molecule has 43 heavy (non-hydrogen) atoms. The number of nitrogens with two attached hydrogens (primary N) is 1. The number of ether oxygens (including phenoxy) is 3. The molecule has 3 aromatic carbocycles. The summed E-state index contributed by atoms with van der Waals surface area (Å²) in [6, 6.07) is 8.95. The number of hydrogen-bond donors (Lipinski definition) is 4. The molecule has 0 aliphatic carbocycles. The van der Waals surface area contributed by atoms with Crippen LogP contribution in [0.1, 0.15) is 34.3 Å². The van der Waals surface area contributed by atoms with Gasteiger partial charge in [-0.2, -0.15) is 0 Å². The van der Waals surface area contributed by atoms with Crippen molar-refractivity contribution in [2.45, 2.75) is 42.5 Å². The first-order chi connectivity index (χ1) is 20.6. The number of carbonyl (C=O) groups excluding carboxylic acids is 1. The molecule has 4 aromatic rings. The summed E-state index contributed by atoms with van der Waals surface area (Å²) in [7, 11) is 1.38.